The van der Waals surface area contributed by atoms with Gasteiger partial charge in [-0.1, -0.05) is 133 Å². The molecule has 0 saturated heterocycles. The van der Waals surface area contributed by atoms with Crippen molar-refractivity contribution < 1.29 is 20.4 Å². The maximum Gasteiger partial charge on any atom is 0.119 e. The van der Waals surface area contributed by atoms with E-state index in [4.69, 9.17) is 0 Å². The molecule has 4 saturated carbocycles. The van der Waals surface area contributed by atoms with Crippen LogP contribution in [0.3, 0.4) is 0 Å². The first-order chi connectivity index (χ1) is 27.8. The van der Waals surface area contributed by atoms with Crippen molar-refractivity contribution in [3.05, 3.63) is 117 Å². The third-order valence-electron chi connectivity index (χ3n) is 15.4. The molecule has 304 valence electrons. The van der Waals surface area contributed by atoms with Crippen LogP contribution in [0.15, 0.2) is 72.8 Å². The summed E-state index contributed by atoms with van der Waals surface area (Å²) in [5.74, 6) is 3.03. The lowest BCUT2D eigenvalue weighted by atomic mass is 9.64. The van der Waals surface area contributed by atoms with Crippen molar-refractivity contribution in [3.63, 3.8) is 0 Å². The summed E-state index contributed by atoms with van der Waals surface area (Å²) in [6, 6.07) is 25.9. The first kappa shape index (κ1) is 39.9. The van der Waals surface area contributed by atoms with E-state index in [1.54, 1.807) is 0 Å². The van der Waals surface area contributed by atoms with Gasteiger partial charge in [0.2, 0.25) is 0 Å². The second-order valence-corrected chi connectivity index (χ2v) is 18.7. The normalized spacial score (nSPS) is 19.6. The SMILES string of the molecule is CCC(CC(c1ccc(O)c(C2CCCCC2)c1)c1ccc(O)c(C2CCCCC2)c1)(c1ccc(O)c(C2CCCCC2)c1)c1ccc(O)c(C2CCCCC2)c1. The van der Waals surface area contributed by atoms with Gasteiger partial charge in [0, 0.05) is 11.3 Å². The minimum atomic E-state index is -0.454. The van der Waals surface area contributed by atoms with Gasteiger partial charge < -0.3 is 20.4 Å². The molecule has 0 amide bonds. The fourth-order valence-electron chi connectivity index (χ4n) is 12.0. The molecule has 4 aliphatic rings. The Kier molecular flexibility index (Phi) is 12.5. The molecule has 0 atom stereocenters. The van der Waals surface area contributed by atoms with E-state index >= 15 is 0 Å². The van der Waals surface area contributed by atoms with Gasteiger partial charge in [-0.25, -0.2) is 0 Å². The van der Waals surface area contributed by atoms with E-state index in [1.165, 1.54) is 99.3 Å². The van der Waals surface area contributed by atoms with Crippen LogP contribution in [-0.4, -0.2) is 20.4 Å². The van der Waals surface area contributed by atoms with Gasteiger partial charge >= 0.3 is 0 Å². The molecule has 4 nitrogen and oxygen atoms in total. The Bertz CT molecular complexity index is 1820. The summed E-state index contributed by atoms with van der Waals surface area (Å²) in [6.07, 6.45) is 25.2. The van der Waals surface area contributed by atoms with Crippen molar-refractivity contribution in [2.45, 2.75) is 183 Å². The topological polar surface area (TPSA) is 80.9 Å². The monoisotopic (exact) mass is 769 g/mol. The summed E-state index contributed by atoms with van der Waals surface area (Å²) in [5, 5.41) is 45.7. The molecule has 4 heteroatoms. The lowest BCUT2D eigenvalue weighted by Crippen LogP contribution is -2.31. The van der Waals surface area contributed by atoms with Gasteiger partial charge in [0.05, 0.1) is 0 Å². The quantitative estimate of drug-likeness (QED) is 0.122. The summed E-state index contributed by atoms with van der Waals surface area (Å²) in [5.41, 5.74) is 8.76. The van der Waals surface area contributed by atoms with Crippen LogP contribution in [0.1, 0.15) is 222 Å². The minimum Gasteiger partial charge on any atom is -0.508 e. The Hall–Kier alpha value is -3.92. The van der Waals surface area contributed by atoms with Crippen LogP contribution in [0.2, 0.25) is 0 Å². The molecule has 4 aromatic rings. The fraction of sp³-hybridized carbons (Fsp3) is 0.547. The molecule has 4 aromatic carbocycles. The summed E-state index contributed by atoms with van der Waals surface area (Å²) < 4.78 is 0. The van der Waals surface area contributed by atoms with Gasteiger partial charge in [0.15, 0.2) is 0 Å². The fourth-order valence-corrected chi connectivity index (χ4v) is 12.0. The molecule has 4 aliphatic carbocycles. The Morgan fingerprint density at radius 2 is 0.719 bits per heavy atom. The molecule has 0 radical (unpaired) electrons. The van der Waals surface area contributed by atoms with Crippen molar-refractivity contribution in [2.75, 3.05) is 0 Å². The maximum absolute atomic E-state index is 11.5. The van der Waals surface area contributed by atoms with Crippen LogP contribution < -0.4 is 0 Å². The number of hydrogen-bond donors (Lipinski definition) is 4. The molecular formula is C53H68O4. The molecular weight excluding hydrogens is 701 g/mol. The Labute approximate surface area is 342 Å². The lowest BCUT2D eigenvalue weighted by molar-refractivity contribution is 0.399. The summed E-state index contributed by atoms with van der Waals surface area (Å²) in [6.45, 7) is 2.33. The van der Waals surface area contributed by atoms with Crippen molar-refractivity contribution in [2.24, 2.45) is 0 Å². The second-order valence-electron chi connectivity index (χ2n) is 18.7. The first-order valence-corrected chi connectivity index (χ1v) is 23.2. The predicted octanol–water partition coefficient (Wildman–Crippen LogP) is 14.6. The van der Waals surface area contributed by atoms with Crippen LogP contribution in [0, 0.1) is 0 Å². The highest BCUT2D eigenvalue weighted by Crippen LogP contribution is 2.51. The van der Waals surface area contributed by atoms with E-state index in [0.29, 0.717) is 46.7 Å². The van der Waals surface area contributed by atoms with Gasteiger partial charge in [-0.3, -0.25) is 0 Å². The van der Waals surface area contributed by atoms with Gasteiger partial charge in [-0.15, -0.1) is 0 Å². The third-order valence-corrected chi connectivity index (χ3v) is 15.4. The number of phenols is 4. The van der Waals surface area contributed by atoms with Gasteiger partial charge in [0.1, 0.15) is 23.0 Å². The minimum absolute atomic E-state index is 0.0327. The summed E-state index contributed by atoms with van der Waals surface area (Å²) in [7, 11) is 0. The highest BCUT2D eigenvalue weighted by molar-refractivity contribution is 5.53. The average Bonchev–Trinajstić information content (AvgIpc) is 3.26. The number of aromatic hydroxyl groups is 4. The molecule has 57 heavy (non-hydrogen) atoms. The smallest absolute Gasteiger partial charge is 0.119 e. The Morgan fingerprint density at radius 3 is 1.04 bits per heavy atom. The molecule has 4 N–H and O–H groups in total. The highest BCUT2D eigenvalue weighted by atomic mass is 16.3. The van der Waals surface area contributed by atoms with Gasteiger partial charge in [-0.05, 0) is 157 Å². The Morgan fingerprint density at radius 1 is 0.421 bits per heavy atom. The molecule has 0 aromatic heterocycles. The van der Waals surface area contributed by atoms with E-state index in [1.807, 2.05) is 24.3 Å². The van der Waals surface area contributed by atoms with Crippen molar-refractivity contribution >= 4 is 0 Å². The van der Waals surface area contributed by atoms with E-state index in [9.17, 15) is 20.4 Å². The largest absolute Gasteiger partial charge is 0.508 e. The van der Waals surface area contributed by atoms with Gasteiger partial charge in [0.25, 0.3) is 0 Å². The zero-order valence-corrected chi connectivity index (χ0v) is 34.7. The maximum atomic E-state index is 11.5. The van der Waals surface area contributed by atoms with Crippen molar-refractivity contribution in [1.82, 2.24) is 0 Å². The third kappa shape index (κ3) is 8.48. The van der Waals surface area contributed by atoms with Gasteiger partial charge in [-0.2, -0.15) is 0 Å². The van der Waals surface area contributed by atoms with E-state index in [0.717, 1.165) is 86.5 Å². The predicted molar refractivity (Wildman–Crippen MR) is 233 cm³/mol. The number of phenolic OH excluding ortho intramolecular Hbond substituents is 4. The lowest BCUT2D eigenvalue weighted by Gasteiger charge is -2.40. The van der Waals surface area contributed by atoms with Crippen molar-refractivity contribution in [3.8, 4) is 23.0 Å². The molecule has 0 bridgehead atoms. The van der Waals surface area contributed by atoms with Crippen LogP contribution in [0.25, 0.3) is 0 Å². The van der Waals surface area contributed by atoms with Crippen LogP contribution in [0.4, 0.5) is 0 Å². The zero-order valence-electron chi connectivity index (χ0n) is 34.7. The standard InChI is InChI=1S/C53H68O4/c1-2-53(42-25-29-51(56)46(33-42)38-19-11-5-12-20-38,43-26-30-52(57)47(34-43)39-21-13-6-14-22-39)35-48(40-23-27-49(54)44(31-40)36-15-7-3-8-16-36)41-24-28-50(55)45(32-41)37-17-9-4-10-18-37/h23-34,36-39,48,54-57H,2-22,35H2,1H3. The molecule has 4 fully saturated rings. The molecule has 8 rings (SSSR count). The van der Waals surface area contributed by atoms with E-state index in [2.05, 4.69) is 55.5 Å². The highest BCUT2D eigenvalue weighted by Gasteiger charge is 2.39. The second kappa shape index (κ2) is 17.9. The molecule has 0 aliphatic heterocycles. The van der Waals surface area contributed by atoms with Crippen LogP contribution in [-0.2, 0) is 5.41 Å². The zero-order chi connectivity index (χ0) is 39.4. The Balaban J connectivity index is 1.32. The number of hydrogen-bond acceptors (Lipinski definition) is 4. The van der Waals surface area contributed by atoms with E-state index in [-0.39, 0.29) is 5.92 Å². The number of benzene rings is 4. The summed E-state index contributed by atoms with van der Waals surface area (Å²) >= 11 is 0. The van der Waals surface area contributed by atoms with E-state index < -0.39 is 5.41 Å². The van der Waals surface area contributed by atoms with Crippen LogP contribution in [0.5, 0.6) is 23.0 Å². The van der Waals surface area contributed by atoms with Crippen LogP contribution >= 0.6 is 0 Å². The first-order valence-electron chi connectivity index (χ1n) is 23.2. The number of rotatable bonds is 11. The van der Waals surface area contributed by atoms with Crippen molar-refractivity contribution in [1.29, 1.82) is 0 Å². The molecule has 0 heterocycles. The molecule has 0 unspecified atom stereocenters. The molecule has 0 spiro atoms. The average molecular weight is 769 g/mol. The summed E-state index contributed by atoms with van der Waals surface area (Å²) in [4.78, 5) is 0.